The molecule has 1 N–H and O–H groups in total. The molecule has 1 amide bonds. The maximum atomic E-state index is 12.5. The van der Waals surface area contributed by atoms with E-state index >= 15 is 0 Å². The maximum absolute atomic E-state index is 12.5. The number of nitrogens with zero attached hydrogens (tertiary/aromatic N) is 3. The van der Waals surface area contributed by atoms with Gasteiger partial charge in [-0.2, -0.15) is 4.98 Å². The number of methoxy groups -OCH3 is 2. The van der Waals surface area contributed by atoms with Crippen molar-refractivity contribution >= 4 is 22.4 Å². The highest BCUT2D eigenvalue weighted by atomic mass is 16.5. The van der Waals surface area contributed by atoms with Crippen LogP contribution in [0.2, 0.25) is 0 Å². The third kappa shape index (κ3) is 2.89. The summed E-state index contributed by atoms with van der Waals surface area (Å²) in [6.45, 7) is 0. The molecule has 0 unspecified atom stereocenters. The summed E-state index contributed by atoms with van der Waals surface area (Å²) < 4.78 is 10.1. The molecule has 0 saturated carbocycles. The number of nitrogens with one attached hydrogen (secondary N) is 1. The van der Waals surface area contributed by atoms with Crippen LogP contribution in [0.1, 0.15) is 10.5 Å². The Morgan fingerprint density at radius 1 is 1.09 bits per heavy atom. The van der Waals surface area contributed by atoms with Gasteiger partial charge < -0.3 is 14.8 Å². The molecule has 0 spiro atoms. The summed E-state index contributed by atoms with van der Waals surface area (Å²) in [6.07, 6.45) is 3.02. The van der Waals surface area contributed by atoms with E-state index in [4.69, 9.17) is 9.47 Å². The van der Waals surface area contributed by atoms with Crippen molar-refractivity contribution in [3.63, 3.8) is 0 Å². The second-order valence-electron chi connectivity index (χ2n) is 4.61. The Bertz CT molecular complexity index is 862. The minimum absolute atomic E-state index is 0.156. The topological polar surface area (TPSA) is 86.2 Å². The molecule has 0 aliphatic rings. The van der Waals surface area contributed by atoms with Crippen LogP contribution in [0, 0.1) is 0 Å². The van der Waals surface area contributed by atoms with Crippen LogP contribution in [0.5, 0.6) is 11.9 Å². The number of aromatic nitrogens is 3. The Hall–Kier alpha value is -3.22. The van der Waals surface area contributed by atoms with Gasteiger partial charge in [-0.1, -0.05) is 24.3 Å². The van der Waals surface area contributed by atoms with Crippen LogP contribution < -0.4 is 14.8 Å². The molecule has 0 fully saturated rings. The Labute approximate surface area is 132 Å². The zero-order valence-corrected chi connectivity index (χ0v) is 12.6. The molecule has 116 valence electrons. The van der Waals surface area contributed by atoms with Gasteiger partial charge in [0.1, 0.15) is 11.4 Å². The van der Waals surface area contributed by atoms with Crippen LogP contribution >= 0.6 is 0 Å². The van der Waals surface area contributed by atoms with Gasteiger partial charge in [0.2, 0.25) is 5.88 Å². The summed E-state index contributed by atoms with van der Waals surface area (Å²) in [5, 5.41) is 4.41. The minimum atomic E-state index is -0.367. The van der Waals surface area contributed by atoms with Crippen LogP contribution in [-0.2, 0) is 0 Å². The molecule has 0 saturated heterocycles. The Morgan fingerprint density at radius 3 is 2.70 bits per heavy atom. The number of hydrogen-bond acceptors (Lipinski definition) is 6. The first-order chi connectivity index (χ1) is 11.2. The summed E-state index contributed by atoms with van der Waals surface area (Å²) >= 11 is 0. The highest BCUT2D eigenvalue weighted by Gasteiger charge is 2.15. The second-order valence-corrected chi connectivity index (χ2v) is 4.61. The Kier molecular flexibility index (Phi) is 4.01. The van der Waals surface area contributed by atoms with Crippen LogP contribution in [0.15, 0.2) is 42.7 Å². The molecule has 7 nitrogen and oxygen atoms in total. The van der Waals surface area contributed by atoms with E-state index in [0.717, 1.165) is 10.8 Å². The molecular formula is C16H14N4O3. The first-order valence-corrected chi connectivity index (χ1v) is 6.83. The van der Waals surface area contributed by atoms with Gasteiger partial charge in [-0.05, 0) is 11.5 Å². The number of ether oxygens (including phenoxy) is 2. The van der Waals surface area contributed by atoms with Gasteiger partial charge in [0.15, 0.2) is 0 Å². The lowest BCUT2D eigenvalue weighted by molar-refractivity contribution is 0.102. The summed E-state index contributed by atoms with van der Waals surface area (Å²) in [4.78, 5) is 24.7. The van der Waals surface area contributed by atoms with Crippen molar-refractivity contribution in [1.29, 1.82) is 0 Å². The number of carbonyl (C=O) groups is 1. The van der Waals surface area contributed by atoms with Crippen LogP contribution in [0.4, 0.5) is 5.69 Å². The van der Waals surface area contributed by atoms with E-state index in [0.29, 0.717) is 11.4 Å². The zero-order valence-electron chi connectivity index (χ0n) is 12.6. The van der Waals surface area contributed by atoms with Crippen molar-refractivity contribution in [2.24, 2.45) is 0 Å². The molecule has 3 aromatic rings. The van der Waals surface area contributed by atoms with E-state index in [2.05, 4.69) is 20.3 Å². The molecule has 0 bridgehead atoms. The fourth-order valence-corrected chi connectivity index (χ4v) is 2.17. The normalized spacial score (nSPS) is 10.3. The standard InChI is InChI=1S/C16H14N4O3/c1-22-15-12(9-18-16(20-15)23-2)19-14(21)13-11-6-4-3-5-10(11)7-8-17-13/h3-9H,1-2H3,(H,19,21). The van der Waals surface area contributed by atoms with E-state index in [1.807, 2.05) is 30.3 Å². The van der Waals surface area contributed by atoms with E-state index in [1.165, 1.54) is 20.4 Å². The van der Waals surface area contributed by atoms with Gasteiger partial charge in [-0.15, -0.1) is 0 Å². The average Bonchev–Trinajstić information content (AvgIpc) is 2.61. The van der Waals surface area contributed by atoms with Gasteiger partial charge in [0.25, 0.3) is 5.91 Å². The van der Waals surface area contributed by atoms with Crippen molar-refractivity contribution in [1.82, 2.24) is 15.0 Å². The first-order valence-electron chi connectivity index (χ1n) is 6.83. The fraction of sp³-hybridized carbons (Fsp3) is 0.125. The van der Waals surface area contributed by atoms with Gasteiger partial charge in [0, 0.05) is 11.6 Å². The van der Waals surface area contributed by atoms with Crippen molar-refractivity contribution in [3.05, 3.63) is 48.4 Å². The lowest BCUT2D eigenvalue weighted by atomic mass is 10.1. The molecule has 2 heterocycles. The SMILES string of the molecule is COc1ncc(NC(=O)c2nccc3ccccc23)c(OC)n1. The number of pyridine rings is 1. The van der Waals surface area contributed by atoms with Gasteiger partial charge in [0.05, 0.1) is 20.4 Å². The highest BCUT2D eigenvalue weighted by Crippen LogP contribution is 2.24. The van der Waals surface area contributed by atoms with Gasteiger partial charge >= 0.3 is 6.01 Å². The van der Waals surface area contributed by atoms with Gasteiger partial charge in [-0.25, -0.2) is 4.98 Å². The monoisotopic (exact) mass is 310 g/mol. The summed E-state index contributed by atoms with van der Waals surface area (Å²) in [6, 6.07) is 9.54. The number of benzene rings is 1. The summed E-state index contributed by atoms with van der Waals surface area (Å²) in [5.41, 5.74) is 0.661. The van der Waals surface area contributed by atoms with E-state index in [9.17, 15) is 4.79 Å². The largest absolute Gasteiger partial charge is 0.479 e. The van der Waals surface area contributed by atoms with Crippen molar-refractivity contribution in [2.45, 2.75) is 0 Å². The predicted molar refractivity (Wildman–Crippen MR) is 84.8 cm³/mol. The van der Waals surface area contributed by atoms with Crippen molar-refractivity contribution in [2.75, 3.05) is 19.5 Å². The third-order valence-corrected chi connectivity index (χ3v) is 3.24. The quantitative estimate of drug-likeness (QED) is 0.795. The smallest absolute Gasteiger partial charge is 0.319 e. The summed E-state index contributed by atoms with van der Waals surface area (Å²) in [7, 11) is 2.90. The van der Waals surface area contributed by atoms with E-state index in [1.54, 1.807) is 6.20 Å². The number of fused-ring (bicyclic) bond motifs is 1. The summed E-state index contributed by atoms with van der Waals surface area (Å²) in [5.74, 6) is -0.153. The molecular weight excluding hydrogens is 296 g/mol. The van der Waals surface area contributed by atoms with Crippen molar-refractivity contribution < 1.29 is 14.3 Å². The first kappa shape index (κ1) is 14.7. The number of rotatable bonds is 4. The average molecular weight is 310 g/mol. The van der Waals surface area contributed by atoms with Crippen LogP contribution in [0.3, 0.4) is 0 Å². The molecule has 0 aliphatic heterocycles. The zero-order chi connectivity index (χ0) is 16.2. The molecule has 2 aromatic heterocycles. The maximum Gasteiger partial charge on any atom is 0.319 e. The molecule has 7 heteroatoms. The lowest BCUT2D eigenvalue weighted by Crippen LogP contribution is -2.15. The fourth-order valence-electron chi connectivity index (χ4n) is 2.17. The Morgan fingerprint density at radius 2 is 1.91 bits per heavy atom. The molecule has 1 aromatic carbocycles. The van der Waals surface area contributed by atoms with Gasteiger partial charge in [-0.3, -0.25) is 9.78 Å². The van der Waals surface area contributed by atoms with E-state index < -0.39 is 0 Å². The molecule has 0 aliphatic carbocycles. The molecule has 0 atom stereocenters. The molecule has 0 radical (unpaired) electrons. The van der Waals surface area contributed by atoms with E-state index in [-0.39, 0.29) is 17.8 Å². The number of anilines is 1. The number of amides is 1. The van der Waals surface area contributed by atoms with Crippen molar-refractivity contribution in [3.8, 4) is 11.9 Å². The lowest BCUT2D eigenvalue weighted by Gasteiger charge is -2.10. The Balaban J connectivity index is 1.95. The highest BCUT2D eigenvalue weighted by molar-refractivity contribution is 6.11. The number of hydrogen-bond donors (Lipinski definition) is 1. The minimum Gasteiger partial charge on any atom is -0.479 e. The third-order valence-electron chi connectivity index (χ3n) is 3.24. The number of carbonyl (C=O) groups excluding carboxylic acids is 1. The molecule has 3 rings (SSSR count). The van der Waals surface area contributed by atoms with Crippen LogP contribution in [-0.4, -0.2) is 35.1 Å². The second kappa shape index (κ2) is 6.27. The molecule has 23 heavy (non-hydrogen) atoms. The van der Waals surface area contributed by atoms with Crippen LogP contribution in [0.25, 0.3) is 10.8 Å². The predicted octanol–water partition coefficient (Wildman–Crippen LogP) is 2.29.